The lowest BCUT2D eigenvalue weighted by molar-refractivity contribution is -0.139. The Kier molecular flexibility index (Phi) is 5.48. The summed E-state index contributed by atoms with van der Waals surface area (Å²) < 4.78 is 23.8. The highest BCUT2D eigenvalue weighted by Crippen LogP contribution is 2.24. The first kappa shape index (κ1) is 16.7. The van der Waals surface area contributed by atoms with Gasteiger partial charge in [0.05, 0.1) is 5.56 Å². The Labute approximate surface area is 131 Å². The van der Waals surface area contributed by atoms with Gasteiger partial charge in [0.25, 0.3) is 5.91 Å². The summed E-state index contributed by atoms with van der Waals surface area (Å²) in [6, 6.07) is 7.72. The van der Waals surface area contributed by atoms with Gasteiger partial charge in [-0.25, -0.2) is 9.18 Å². The van der Waals surface area contributed by atoms with E-state index in [4.69, 9.17) is 14.3 Å². The summed E-state index contributed by atoms with van der Waals surface area (Å²) in [5, 5.41) is 11.4. The van der Waals surface area contributed by atoms with Crippen molar-refractivity contribution in [3.63, 3.8) is 0 Å². The summed E-state index contributed by atoms with van der Waals surface area (Å²) in [7, 11) is 1.44. The maximum Gasteiger partial charge on any atom is 0.326 e. The molecule has 2 aromatic rings. The van der Waals surface area contributed by atoms with E-state index < -0.39 is 23.7 Å². The van der Waals surface area contributed by atoms with Crippen LogP contribution in [-0.4, -0.2) is 36.7 Å². The lowest BCUT2D eigenvalue weighted by Crippen LogP contribution is -2.41. The summed E-state index contributed by atoms with van der Waals surface area (Å²) in [6.07, 6.45) is 0.123. The molecule has 0 saturated carbocycles. The van der Waals surface area contributed by atoms with E-state index in [1.54, 1.807) is 12.1 Å². The van der Waals surface area contributed by atoms with Crippen LogP contribution in [0.1, 0.15) is 17.0 Å². The van der Waals surface area contributed by atoms with Crippen molar-refractivity contribution in [1.29, 1.82) is 0 Å². The number of carboxylic acids is 1. The molecular formula is C16H16FNO5. The molecular weight excluding hydrogens is 305 g/mol. The second kappa shape index (κ2) is 7.55. The first-order chi connectivity index (χ1) is 11.0. The Morgan fingerprint density at radius 2 is 2.04 bits per heavy atom. The van der Waals surface area contributed by atoms with Gasteiger partial charge < -0.3 is 19.6 Å². The largest absolute Gasteiger partial charge is 0.480 e. The van der Waals surface area contributed by atoms with Crippen molar-refractivity contribution in [2.45, 2.75) is 12.5 Å². The summed E-state index contributed by atoms with van der Waals surface area (Å²) in [4.78, 5) is 23.1. The van der Waals surface area contributed by atoms with Gasteiger partial charge in [-0.1, -0.05) is 12.1 Å². The summed E-state index contributed by atoms with van der Waals surface area (Å²) in [5.41, 5.74) is 0.223. The molecule has 1 heterocycles. The number of amides is 1. The minimum Gasteiger partial charge on any atom is -0.480 e. The molecule has 122 valence electrons. The standard InChI is InChI=1S/C16H16FNO5/c1-22-9-8-12(16(20)21)18-15(19)14-7-6-13(23-14)10-4-2-3-5-11(10)17/h2-7,12H,8-9H2,1H3,(H,18,19)(H,20,21). The number of halogens is 1. The number of ether oxygens (including phenoxy) is 1. The molecule has 1 aromatic heterocycles. The monoisotopic (exact) mass is 321 g/mol. The van der Waals surface area contributed by atoms with Crippen molar-refractivity contribution in [3.05, 3.63) is 48.0 Å². The highest BCUT2D eigenvalue weighted by Gasteiger charge is 2.22. The Morgan fingerprint density at radius 3 is 2.70 bits per heavy atom. The Hall–Kier alpha value is -2.67. The number of hydrogen-bond acceptors (Lipinski definition) is 4. The summed E-state index contributed by atoms with van der Waals surface area (Å²) >= 11 is 0. The molecule has 2 rings (SSSR count). The van der Waals surface area contributed by atoms with Gasteiger partial charge in [-0.15, -0.1) is 0 Å². The van der Waals surface area contributed by atoms with Crippen molar-refractivity contribution < 1.29 is 28.2 Å². The van der Waals surface area contributed by atoms with E-state index in [1.165, 1.54) is 31.4 Å². The smallest absolute Gasteiger partial charge is 0.326 e. The molecule has 0 radical (unpaired) electrons. The van der Waals surface area contributed by atoms with E-state index in [0.717, 1.165) is 0 Å². The van der Waals surface area contributed by atoms with E-state index in [0.29, 0.717) is 0 Å². The third kappa shape index (κ3) is 4.17. The molecule has 0 aliphatic rings. The number of hydrogen-bond donors (Lipinski definition) is 2. The van der Waals surface area contributed by atoms with Crippen LogP contribution in [0.3, 0.4) is 0 Å². The first-order valence-corrected chi connectivity index (χ1v) is 6.90. The number of furan rings is 1. The molecule has 0 bridgehead atoms. The lowest BCUT2D eigenvalue weighted by atomic mass is 10.1. The van der Waals surface area contributed by atoms with Gasteiger partial charge in [-0.2, -0.15) is 0 Å². The first-order valence-electron chi connectivity index (χ1n) is 6.90. The fourth-order valence-electron chi connectivity index (χ4n) is 1.99. The fourth-order valence-corrected chi connectivity index (χ4v) is 1.99. The second-order valence-electron chi connectivity index (χ2n) is 4.79. The number of carboxylic acid groups (broad SMARTS) is 1. The number of methoxy groups -OCH3 is 1. The predicted molar refractivity (Wildman–Crippen MR) is 79.5 cm³/mol. The molecule has 0 aliphatic carbocycles. The van der Waals surface area contributed by atoms with Crippen LogP contribution >= 0.6 is 0 Å². The Bertz CT molecular complexity index is 697. The van der Waals surface area contributed by atoms with Crippen LogP contribution in [0.25, 0.3) is 11.3 Å². The molecule has 0 saturated heterocycles. The quantitative estimate of drug-likeness (QED) is 0.817. The van der Waals surface area contributed by atoms with Gasteiger partial charge in [-0.05, 0) is 24.3 Å². The SMILES string of the molecule is COCCC(NC(=O)c1ccc(-c2ccccc2F)o1)C(=O)O. The summed E-state index contributed by atoms with van der Waals surface area (Å²) in [6.45, 7) is 0.190. The van der Waals surface area contributed by atoms with Gasteiger partial charge in [-0.3, -0.25) is 4.79 Å². The number of carbonyl (C=O) groups is 2. The van der Waals surface area contributed by atoms with Crippen LogP contribution in [0.5, 0.6) is 0 Å². The zero-order valence-corrected chi connectivity index (χ0v) is 12.4. The zero-order valence-electron chi connectivity index (χ0n) is 12.4. The number of benzene rings is 1. The van der Waals surface area contributed by atoms with Crippen LogP contribution in [0.2, 0.25) is 0 Å². The molecule has 1 atom stereocenters. The van der Waals surface area contributed by atoms with Crippen molar-refractivity contribution in [2.24, 2.45) is 0 Å². The average Bonchev–Trinajstić information content (AvgIpc) is 3.01. The zero-order chi connectivity index (χ0) is 16.8. The minimum absolute atomic E-state index is 0.0908. The van der Waals surface area contributed by atoms with Gasteiger partial charge >= 0.3 is 5.97 Å². The maximum absolute atomic E-state index is 13.7. The number of carbonyl (C=O) groups excluding carboxylic acids is 1. The van der Waals surface area contributed by atoms with E-state index in [1.807, 2.05) is 0 Å². The van der Waals surface area contributed by atoms with Crippen molar-refractivity contribution in [3.8, 4) is 11.3 Å². The topological polar surface area (TPSA) is 88.8 Å². The van der Waals surface area contributed by atoms with Gasteiger partial charge in [0, 0.05) is 20.1 Å². The van der Waals surface area contributed by atoms with Crippen molar-refractivity contribution in [2.75, 3.05) is 13.7 Å². The van der Waals surface area contributed by atoms with Crippen LogP contribution < -0.4 is 5.32 Å². The van der Waals surface area contributed by atoms with E-state index in [-0.39, 0.29) is 30.1 Å². The third-order valence-corrected chi connectivity index (χ3v) is 3.18. The molecule has 6 nitrogen and oxygen atoms in total. The van der Waals surface area contributed by atoms with Crippen LogP contribution in [0.4, 0.5) is 4.39 Å². The van der Waals surface area contributed by atoms with Gasteiger partial charge in [0.1, 0.15) is 17.6 Å². The molecule has 0 aliphatic heterocycles. The average molecular weight is 321 g/mol. The molecule has 1 aromatic carbocycles. The molecule has 0 fully saturated rings. The fraction of sp³-hybridized carbons (Fsp3) is 0.250. The normalized spacial score (nSPS) is 11.9. The molecule has 23 heavy (non-hydrogen) atoms. The Balaban J connectivity index is 2.12. The van der Waals surface area contributed by atoms with Crippen LogP contribution in [0.15, 0.2) is 40.8 Å². The van der Waals surface area contributed by atoms with E-state index >= 15 is 0 Å². The Morgan fingerprint density at radius 1 is 1.30 bits per heavy atom. The predicted octanol–water partition coefficient (Wildman–Crippen LogP) is 2.31. The molecule has 2 N–H and O–H groups in total. The van der Waals surface area contributed by atoms with E-state index in [2.05, 4.69) is 5.32 Å². The highest BCUT2D eigenvalue weighted by molar-refractivity contribution is 5.94. The van der Waals surface area contributed by atoms with Crippen LogP contribution in [-0.2, 0) is 9.53 Å². The third-order valence-electron chi connectivity index (χ3n) is 3.18. The maximum atomic E-state index is 13.7. The van der Waals surface area contributed by atoms with E-state index in [9.17, 15) is 14.0 Å². The van der Waals surface area contributed by atoms with Gasteiger partial charge in [0.15, 0.2) is 5.76 Å². The van der Waals surface area contributed by atoms with Gasteiger partial charge in [0.2, 0.25) is 0 Å². The highest BCUT2D eigenvalue weighted by atomic mass is 19.1. The number of rotatable bonds is 7. The molecule has 1 unspecified atom stereocenters. The number of aliphatic carboxylic acids is 1. The minimum atomic E-state index is -1.17. The second-order valence-corrected chi connectivity index (χ2v) is 4.79. The number of nitrogens with one attached hydrogen (secondary N) is 1. The molecule has 1 amide bonds. The van der Waals surface area contributed by atoms with Crippen molar-refractivity contribution in [1.82, 2.24) is 5.32 Å². The molecule has 7 heteroatoms. The summed E-state index contributed by atoms with van der Waals surface area (Å²) in [5.74, 6) is -2.23. The molecule has 0 spiro atoms. The van der Waals surface area contributed by atoms with Crippen LogP contribution in [0, 0.1) is 5.82 Å². The lowest BCUT2D eigenvalue weighted by Gasteiger charge is -2.12. The van der Waals surface area contributed by atoms with Crippen molar-refractivity contribution >= 4 is 11.9 Å².